The van der Waals surface area contributed by atoms with Crippen LogP contribution in [0, 0.1) is 0 Å². The molecule has 0 amide bonds. The van der Waals surface area contributed by atoms with Crippen molar-refractivity contribution in [1.29, 1.82) is 0 Å². The number of carbonyl (C=O) groups is 1. The van der Waals surface area contributed by atoms with Gasteiger partial charge in [0.25, 0.3) is 0 Å². The number of thiophene rings is 1. The second-order valence-corrected chi connectivity index (χ2v) is 5.71. The standard InChI is InChI=1S/C12H12BrF3OS/c1-2-4-10-8(13)7-11(18-10)9(17)5-3-6-12(14,15)16/h3,5,7H,2,4,6H2,1H3/b5-3+. The minimum Gasteiger partial charge on any atom is -0.288 e. The lowest BCUT2D eigenvalue weighted by Crippen LogP contribution is -2.04. The molecule has 6 heteroatoms. The van der Waals surface area contributed by atoms with Crippen molar-refractivity contribution in [2.75, 3.05) is 0 Å². The van der Waals surface area contributed by atoms with Gasteiger partial charge in [-0.25, -0.2) is 0 Å². The number of aryl methyl sites for hydroxylation is 1. The lowest BCUT2D eigenvalue weighted by molar-refractivity contribution is -0.125. The number of carbonyl (C=O) groups excluding carboxylic acids is 1. The van der Waals surface area contributed by atoms with Gasteiger partial charge >= 0.3 is 6.18 Å². The largest absolute Gasteiger partial charge is 0.392 e. The number of allylic oxidation sites excluding steroid dienone is 2. The van der Waals surface area contributed by atoms with Crippen molar-refractivity contribution in [2.24, 2.45) is 0 Å². The normalized spacial score (nSPS) is 12.3. The van der Waals surface area contributed by atoms with Crippen molar-refractivity contribution in [3.05, 3.63) is 32.4 Å². The molecule has 0 aliphatic rings. The highest BCUT2D eigenvalue weighted by atomic mass is 79.9. The number of ketones is 1. The van der Waals surface area contributed by atoms with Gasteiger partial charge in [0.15, 0.2) is 5.78 Å². The summed E-state index contributed by atoms with van der Waals surface area (Å²) in [6.07, 6.45) is -1.69. The van der Waals surface area contributed by atoms with Crippen LogP contribution in [0.3, 0.4) is 0 Å². The van der Waals surface area contributed by atoms with Gasteiger partial charge in [0.1, 0.15) is 0 Å². The third kappa shape index (κ3) is 4.94. The second-order valence-electron chi connectivity index (χ2n) is 3.72. The molecule has 1 heterocycles. The van der Waals surface area contributed by atoms with Gasteiger partial charge in [-0.15, -0.1) is 11.3 Å². The Morgan fingerprint density at radius 2 is 2.17 bits per heavy atom. The first kappa shape index (κ1) is 15.4. The summed E-state index contributed by atoms with van der Waals surface area (Å²) in [4.78, 5) is 13.1. The van der Waals surface area contributed by atoms with Crippen molar-refractivity contribution in [1.82, 2.24) is 0 Å². The summed E-state index contributed by atoms with van der Waals surface area (Å²) in [6.45, 7) is 2.02. The molecule has 1 aromatic rings. The van der Waals surface area contributed by atoms with E-state index in [4.69, 9.17) is 0 Å². The van der Waals surface area contributed by atoms with Crippen LogP contribution in [-0.4, -0.2) is 12.0 Å². The fourth-order valence-electron chi connectivity index (χ4n) is 1.31. The zero-order chi connectivity index (χ0) is 13.8. The minimum atomic E-state index is -4.26. The summed E-state index contributed by atoms with van der Waals surface area (Å²) >= 11 is 4.66. The summed E-state index contributed by atoms with van der Waals surface area (Å²) in [6, 6.07) is 1.66. The van der Waals surface area contributed by atoms with Crippen LogP contribution in [0.4, 0.5) is 13.2 Å². The summed E-state index contributed by atoms with van der Waals surface area (Å²) in [5.41, 5.74) is 0. The number of hydrogen-bond acceptors (Lipinski definition) is 2. The van der Waals surface area contributed by atoms with E-state index in [1.54, 1.807) is 6.07 Å². The molecule has 0 N–H and O–H groups in total. The molecule has 0 atom stereocenters. The smallest absolute Gasteiger partial charge is 0.288 e. The van der Waals surface area contributed by atoms with Crippen LogP contribution in [0.2, 0.25) is 0 Å². The average molecular weight is 341 g/mol. The van der Waals surface area contributed by atoms with E-state index in [2.05, 4.69) is 15.9 Å². The molecular formula is C12H12BrF3OS. The van der Waals surface area contributed by atoms with E-state index in [0.717, 1.165) is 34.3 Å². The average Bonchev–Trinajstić information content (AvgIpc) is 2.59. The van der Waals surface area contributed by atoms with Crippen molar-refractivity contribution in [2.45, 2.75) is 32.4 Å². The van der Waals surface area contributed by atoms with Crippen molar-refractivity contribution >= 4 is 33.0 Å². The Kier molecular flexibility index (Phi) is 5.59. The molecule has 0 aliphatic carbocycles. The predicted molar refractivity (Wildman–Crippen MR) is 70.2 cm³/mol. The predicted octanol–water partition coefficient (Wildman–Crippen LogP) is 5.15. The lowest BCUT2D eigenvalue weighted by Gasteiger charge is -1.99. The first-order valence-corrected chi connectivity index (χ1v) is 7.00. The van der Waals surface area contributed by atoms with E-state index in [1.807, 2.05) is 6.92 Å². The molecule has 0 aliphatic heterocycles. The molecule has 18 heavy (non-hydrogen) atoms. The van der Waals surface area contributed by atoms with Gasteiger partial charge in [-0.3, -0.25) is 4.79 Å². The first-order valence-electron chi connectivity index (χ1n) is 5.39. The Morgan fingerprint density at radius 3 is 2.72 bits per heavy atom. The van der Waals surface area contributed by atoms with E-state index >= 15 is 0 Å². The SMILES string of the molecule is CCCc1sc(C(=O)/C=C/CC(F)(F)F)cc1Br. The van der Waals surface area contributed by atoms with Crippen LogP contribution >= 0.6 is 27.3 Å². The summed E-state index contributed by atoms with van der Waals surface area (Å²) in [5.74, 6) is -0.382. The van der Waals surface area contributed by atoms with Crippen LogP contribution in [0.1, 0.15) is 34.3 Å². The molecule has 0 spiro atoms. The molecule has 0 saturated carbocycles. The van der Waals surface area contributed by atoms with Crippen LogP contribution < -0.4 is 0 Å². The Morgan fingerprint density at radius 1 is 1.50 bits per heavy atom. The maximum atomic E-state index is 11.9. The first-order chi connectivity index (χ1) is 8.33. The maximum absolute atomic E-state index is 11.9. The van der Waals surface area contributed by atoms with E-state index < -0.39 is 12.6 Å². The van der Waals surface area contributed by atoms with Crippen molar-refractivity contribution in [3.8, 4) is 0 Å². The van der Waals surface area contributed by atoms with E-state index in [0.29, 0.717) is 4.88 Å². The van der Waals surface area contributed by atoms with Gasteiger partial charge < -0.3 is 0 Å². The minimum absolute atomic E-state index is 0.382. The quantitative estimate of drug-likeness (QED) is 0.534. The monoisotopic (exact) mass is 340 g/mol. The fraction of sp³-hybridized carbons (Fsp3) is 0.417. The molecule has 0 bridgehead atoms. The fourth-order valence-corrected chi connectivity index (χ4v) is 3.20. The number of halogens is 4. The highest BCUT2D eigenvalue weighted by Crippen LogP contribution is 2.29. The molecule has 0 fully saturated rings. The Balaban J connectivity index is 2.70. The molecule has 0 radical (unpaired) electrons. The zero-order valence-corrected chi connectivity index (χ0v) is 12.1. The molecule has 0 saturated heterocycles. The molecule has 100 valence electrons. The van der Waals surface area contributed by atoms with E-state index in [9.17, 15) is 18.0 Å². The van der Waals surface area contributed by atoms with Gasteiger partial charge in [-0.05, 0) is 34.5 Å². The van der Waals surface area contributed by atoms with Gasteiger partial charge in [-0.1, -0.05) is 19.4 Å². The van der Waals surface area contributed by atoms with E-state index in [-0.39, 0.29) is 5.78 Å². The summed E-state index contributed by atoms with van der Waals surface area (Å²) in [5, 5.41) is 0. The third-order valence-corrected chi connectivity index (χ3v) is 4.28. The molecule has 1 rings (SSSR count). The summed E-state index contributed by atoms with van der Waals surface area (Å²) in [7, 11) is 0. The third-order valence-electron chi connectivity index (χ3n) is 2.10. The van der Waals surface area contributed by atoms with Crippen LogP contribution in [0.15, 0.2) is 22.7 Å². The Bertz CT molecular complexity index is 449. The van der Waals surface area contributed by atoms with E-state index in [1.165, 1.54) is 11.3 Å². The molecule has 0 unspecified atom stereocenters. The molecule has 0 aromatic carbocycles. The van der Waals surface area contributed by atoms with Gasteiger partial charge in [0.2, 0.25) is 0 Å². The van der Waals surface area contributed by atoms with Gasteiger partial charge in [0, 0.05) is 9.35 Å². The number of alkyl halides is 3. The highest BCUT2D eigenvalue weighted by Gasteiger charge is 2.24. The Hall–Kier alpha value is -0.620. The van der Waals surface area contributed by atoms with Crippen LogP contribution in [0.25, 0.3) is 0 Å². The van der Waals surface area contributed by atoms with Gasteiger partial charge in [-0.2, -0.15) is 13.2 Å². The molecule has 1 aromatic heterocycles. The number of rotatable bonds is 5. The molecular weight excluding hydrogens is 329 g/mol. The zero-order valence-electron chi connectivity index (χ0n) is 9.68. The van der Waals surface area contributed by atoms with Crippen molar-refractivity contribution in [3.63, 3.8) is 0 Å². The topological polar surface area (TPSA) is 17.1 Å². The van der Waals surface area contributed by atoms with Gasteiger partial charge in [0.05, 0.1) is 11.3 Å². The lowest BCUT2D eigenvalue weighted by atomic mass is 10.2. The highest BCUT2D eigenvalue weighted by molar-refractivity contribution is 9.10. The van der Waals surface area contributed by atoms with Crippen LogP contribution in [0.5, 0.6) is 0 Å². The summed E-state index contributed by atoms with van der Waals surface area (Å²) < 4.78 is 36.6. The van der Waals surface area contributed by atoms with Crippen LogP contribution in [-0.2, 0) is 6.42 Å². The maximum Gasteiger partial charge on any atom is 0.392 e. The second kappa shape index (κ2) is 6.52. The number of hydrogen-bond donors (Lipinski definition) is 0. The van der Waals surface area contributed by atoms with Crippen molar-refractivity contribution < 1.29 is 18.0 Å². The Labute approximate surface area is 116 Å². The molecule has 1 nitrogen and oxygen atoms in total.